The van der Waals surface area contributed by atoms with Crippen molar-refractivity contribution in [1.29, 1.82) is 0 Å². The van der Waals surface area contributed by atoms with Gasteiger partial charge in [0, 0.05) is 37.6 Å². The highest BCUT2D eigenvalue weighted by atomic mass is 16.1. The summed E-state index contributed by atoms with van der Waals surface area (Å²) in [5.74, 6) is 0.890. The Morgan fingerprint density at radius 3 is 2.53 bits per heavy atom. The molecule has 0 unspecified atom stereocenters. The zero-order chi connectivity index (χ0) is 13.8. The lowest BCUT2D eigenvalue weighted by Gasteiger charge is -2.27. The molecule has 1 aliphatic carbocycles. The monoisotopic (exact) mass is 265 g/mol. The van der Waals surface area contributed by atoms with Gasteiger partial charge in [-0.05, 0) is 45.4 Å². The Bertz CT molecular complexity index is 438. The van der Waals surface area contributed by atoms with Crippen LogP contribution in [0.4, 0.5) is 0 Å². The Morgan fingerprint density at radius 1 is 1.26 bits per heavy atom. The highest BCUT2D eigenvalue weighted by Gasteiger charge is 2.17. The van der Waals surface area contributed by atoms with E-state index in [1.165, 1.54) is 25.7 Å². The number of imidazole rings is 1. The number of nitrogens with one attached hydrogen (secondary N) is 1. The maximum atomic E-state index is 12.0. The van der Waals surface area contributed by atoms with Crippen LogP contribution in [0.1, 0.15) is 52.5 Å². The van der Waals surface area contributed by atoms with Crippen molar-refractivity contribution in [3.8, 4) is 0 Å². The highest BCUT2D eigenvalue weighted by Crippen LogP contribution is 2.23. The van der Waals surface area contributed by atoms with E-state index >= 15 is 0 Å². The first-order chi connectivity index (χ1) is 9.08. The third-order valence-corrected chi connectivity index (χ3v) is 4.23. The van der Waals surface area contributed by atoms with E-state index in [9.17, 15) is 4.79 Å². The second kappa shape index (κ2) is 6.42. The van der Waals surface area contributed by atoms with Crippen molar-refractivity contribution < 1.29 is 0 Å². The molecule has 1 aliphatic rings. The lowest BCUT2D eigenvalue weighted by molar-refractivity contribution is 0.305. The molecule has 1 aromatic rings. The molecule has 0 aliphatic heterocycles. The third kappa shape index (κ3) is 3.72. The van der Waals surface area contributed by atoms with Crippen molar-refractivity contribution in [3.63, 3.8) is 0 Å². The largest absolute Gasteiger partial charge is 0.328 e. The van der Waals surface area contributed by atoms with Gasteiger partial charge in [-0.2, -0.15) is 0 Å². The van der Waals surface area contributed by atoms with E-state index in [4.69, 9.17) is 0 Å². The van der Waals surface area contributed by atoms with E-state index in [0.717, 1.165) is 19.0 Å². The fourth-order valence-electron chi connectivity index (χ4n) is 2.84. The average molecular weight is 265 g/mol. The topological polar surface area (TPSA) is 39.0 Å². The minimum absolute atomic E-state index is 0.106. The second-order valence-corrected chi connectivity index (χ2v) is 6.19. The van der Waals surface area contributed by atoms with Gasteiger partial charge in [0.15, 0.2) is 0 Å². The van der Waals surface area contributed by atoms with Gasteiger partial charge in [-0.15, -0.1) is 0 Å². The number of rotatable bonds is 5. The van der Waals surface area contributed by atoms with Gasteiger partial charge in [0.2, 0.25) is 0 Å². The van der Waals surface area contributed by atoms with Crippen molar-refractivity contribution in [3.05, 3.63) is 22.9 Å². The predicted molar refractivity (Wildman–Crippen MR) is 78.5 cm³/mol. The van der Waals surface area contributed by atoms with Crippen molar-refractivity contribution in [2.45, 2.75) is 65.1 Å². The minimum Gasteiger partial charge on any atom is -0.312 e. The van der Waals surface area contributed by atoms with Crippen molar-refractivity contribution in [2.24, 2.45) is 5.92 Å². The molecule has 1 heterocycles. The first-order valence-electron chi connectivity index (χ1n) is 7.58. The first-order valence-corrected chi connectivity index (χ1v) is 7.58. The SMILES string of the molecule is CC1CCC(NCCn2ccn(C(C)C)c2=O)CC1. The standard InChI is InChI=1S/C15H27N3O/c1-12(2)18-11-10-17(15(18)19)9-8-16-14-6-4-13(3)5-7-14/h10-14,16H,4-9H2,1-3H3. The van der Waals surface area contributed by atoms with Crippen molar-refractivity contribution in [1.82, 2.24) is 14.5 Å². The molecule has 19 heavy (non-hydrogen) atoms. The van der Waals surface area contributed by atoms with E-state index in [2.05, 4.69) is 12.2 Å². The van der Waals surface area contributed by atoms with Crippen LogP contribution in [0.25, 0.3) is 0 Å². The molecule has 0 radical (unpaired) electrons. The van der Waals surface area contributed by atoms with Crippen LogP contribution in [0.15, 0.2) is 17.2 Å². The molecule has 1 saturated carbocycles. The molecule has 0 spiro atoms. The van der Waals surface area contributed by atoms with Crippen molar-refractivity contribution in [2.75, 3.05) is 6.54 Å². The van der Waals surface area contributed by atoms with Gasteiger partial charge in [-0.25, -0.2) is 4.79 Å². The first kappa shape index (κ1) is 14.4. The number of hydrogen-bond donors (Lipinski definition) is 1. The normalized spacial score (nSPS) is 24.0. The molecule has 1 aromatic heterocycles. The summed E-state index contributed by atoms with van der Waals surface area (Å²) in [4.78, 5) is 12.0. The molecular weight excluding hydrogens is 238 g/mol. The van der Waals surface area contributed by atoms with Crippen LogP contribution in [0.3, 0.4) is 0 Å². The molecule has 108 valence electrons. The molecule has 1 fully saturated rings. The molecular formula is C15H27N3O. The summed E-state index contributed by atoms with van der Waals surface area (Å²) < 4.78 is 3.58. The van der Waals surface area contributed by atoms with E-state index in [1.807, 2.05) is 26.2 Å². The lowest BCUT2D eigenvalue weighted by Crippen LogP contribution is -2.36. The van der Waals surface area contributed by atoms with Gasteiger partial charge < -0.3 is 5.32 Å². The Kier molecular flexibility index (Phi) is 4.86. The van der Waals surface area contributed by atoms with E-state index in [-0.39, 0.29) is 11.7 Å². The van der Waals surface area contributed by atoms with Gasteiger partial charge in [-0.3, -0.25) is 9.13 Å². The molecule has 0 amide bonds. The van der Waals surface area contributed by atoms with Gasteiger partial charge in [-0.1, -0.05) is 6.92 Å². The zero-order valence-corrected chi connectivity index (χ0v) is 12.4. The average Bonchev–Trinajstić information content (AvgIpc) is 2.74. The molecule has 0 atom stereocenters. The molecule has 0 bridgehead atoms. The predicted octanol–water partition coefficient (Wildman–Crippen LogP) is 2.40. The molecule has 2 rings (SSSR count). The summed E-state index contributed by atoms with van der Waals surface area (Å²) >= 11 is 0. The summed E-state index contributed by atoms with van der Waals surface area (Å²) in [5, 5.41) is 3.59. The lowest BCUT2D eigenvalue weighted by atomic mass is 9.87. The molecule has 4 heteroatoms. The fraction of sp³-hybridized carbons (Fsp3) is 0.800. The van der Waals surface area contributed by atoms with E-state index in [1.54, 1.807) is 9.13 Å². The van der Waals surface area contributed by atoms with Gasteiger partial charge >= 0.3 is 5.69 Å². The number of nitrogens with zero attached hydrogens (tertiary/aromatic N) is 2. The summed E-state index contributed by atoms with van der Waals surface area (Å²) in [7, 11) is 0. The van der Waals surface area contributed by atoms with Gasteiger partial charge in [0.1, 0.15) is 0 Å². The Hall–Kier alpha value is -1.03. The van der Waals surface area contributed by atoms with Crippen LogP contribution < -0.4 is 11.0 Å². The van der Waals surface area contributed by atoms with Gasteiger partial charge in [0.25, 0.3) is 0 Å². The smallest absolute Gasteiger partial charge is 0.312 e. The summed E-state index contributed by atoms with van der Waals surface area (Å²) in [6.45, 7) is 8.07. The molecule has 0 aromatic carbocycles. The van der Waals surface area contributed by atoms with Crippen LogP contribution in [-0.4, -0.2) is 21.7 Å². The minimum atomic E-state index is 0.106. The van der Waals surface area contributed by atoms with Crippen molar-refractivity contribution >= 4 is 0 Å². The molecule has 0 saturated heterocycles. The van der Waals surface area contributed by atoms with Crippen LogP contribution >= 0.6 is 0 Å². The Balaban J connectivity index is 1.78. The van der Waals surface area contributed by atoms with E-state index < -0.39 is 0 Å². The number of aromatic nitrogens is 2. The Labute approximate surface area is 115 Å². The van der Waals surface area contributed by atoms with Gasteiger partial charge in [0.05, 0.1) is 0 Å². The Morgan fingerprint density at radius 2 is 1.95 bits per heavy atom. The summed E-state index contributed by atoms with van der Waals surface area (Å²) in [5.41, 5.74) is 0.106. The van der Waals surface area contributed by atoms with Crippen LogP contribution in [-0.2, 0) is 6.54 Å². The summed E-state index contributed by atoms with van der Waals surface area (Å²) in [6, 6.07) is 0.889. The highest BCUT2D eigenvalue weighted by molar-refractivity contribution is 4.84. The quantitative estimate of drug-likeness (QED) is 0.888. The number of hydrogen-bond acceptors (Lipinski definition) is 2. The second-order valence-electron chi connectivity index (χ2n) is 6.19. The maximum Gasteiger partial charge on any atom is 0.328 e. The zero-order valence-electron chi connectivity index (χ0n) is 12.4. The van der Waals surface area contributed by atoms with Crippen LogP contribution in [0, 0.1) is 5.92 Å². The molecule has 1 N–H and O–H groups in total. The van der Waals surface area contributed by atoms with E-state index in [0.29, 0.717) is 6.04 Å². The third-order valence-electron chi connectivity index (χ3n) is 4.23. The fourth-order valence-corrected chi connectivity index (χ4v) is 2.84. The maximum absolute atomic E-state index is 12.0. The molecule has 4 nitrogen and oxygen atoms in total. The summed E-state index contributed by atoms with van der Waals surface area (Å²) in [6.07, 6.45) is 9.01. The van der Waals surface area contributed by atoms with Crippen LogP contribution in [0.5, 0.6) is 0 Å². The van der Waals surface area contributed by atoms with Crippen LogP contribution in [0.2, 0.25) is 0 Å².